The average molecular weight is 250 g/mol. The topological polar surface area (TPSA) is 63.4 Å². The van der Waals surface area contributed by atoms with E-state index >= 15 is 0 Å². The third-order valence-electron chi connectivity index (χ3n) is 3.30. The number of carbonyl (C=O) groups excluding carboxylic acids is 2. The van der Waals surface area contributed by atoms with Gasteiger partial charge in [-0.15, -0.1) is 0 Å². The highest BCUT2D eigenvalue weighted by Crippen LogP contribution is 2.23. The molecular weight excluding hydrogens is 235 g/mol. The van der Waals surface area contributed by atoms with E-state index in [0.717, 1.165) is 5.69 Å². The van der Waals surface area contributed by atoms with Gasteiger partial charge in [0, 0.05) is 24.7 Å². The Balaban J connectivity index is 1.96. The monoisotopic (exact) mass is 250 g/mol. The van der Waals surface area contributed by atoms with Crippen molar-refractivity contribution in [2.75, 3.05) is 18.0 Å². The van der Waals surface area contributed by atoms with Crippen molar-refractivity contribution in [3.8, 4) is 0 Å². The third-order valence-corrected chi connectivity index (χ3v) is 3.30. The Labute approximate surface area is 105 Å². The summed E-state index contributed by atoms with van der Waals surface area (Å²) in [5.74, 6) is -1.86. The van der Waals surface area contributed by atoms with Gasteiger partial charge in [0.2, 0.25) is 5.78 Å². The molecule has 5 heteroatoms. The fourth-order valence-electron chi connectivity index (χ4n) is 2.25. The number of Topliss-reactive ketones (excluding diaryl/α,β-unsaturated/α-hetero) is 1. The maximum atomic E-state index is 12.8. The molecule has 18 heavy (non-hydrogen) atoms. The van der Waals surface area contributed by atoms with Gasteiger partial charge in [-0.25, -0.2) is 4.39 Å². The molecule has 1 aliphatic rings. The Hall–Kier alpha value is -1.91. The fourth-order valence-corrected chi connectivity index (χ4v) is 2.25. The van der Waals surface area contributed by atoms with Gasteiger partial charge in [-0.1, -0.05) is 0 Å². The lowest BCUT2D eigenvalue weighted by Crippen LogP contribution is -2.40. The van der Waals surface area contributed by atoms with Crippen LogP contribution in [0, 0.1) is 11.7 Å². The van der Waals surface area contributed by atoms with Crippen molar-refractivity contribution >= 4 is 17.4 Å². The standard InChI is InChI=1S/C13H15FN2O2/c14-10-1-3-11(4-2-10)16-7-5-9(6-8-16)12(17)13(15)18/h1-4,9H,5-8H2,(H2,15,18). The van der Waals surface area contributed by atoms with Crippen LogP contribution in [0.25, 0.3) is 0 Å². The Morgan fingerprint density at radius 1 is 1.17 bits per heavy atom. The number of piperidine rings is 1. The number of amides is 1. The second-order valence-electron chi connectivity index (χ2n) is 4.47. The quantitative estimate of drug-likeness (QED) is 0.817. The zero-order chi connectivity index (χ0) is 13.1. The van der Waals surface area contributed by atoms with E-state index in [9.17, 15) is 14.0 Å². The number of benzene rings is 1. The Kier molecular flexibility index (Phi) is 3.60. The number of carbonyl (C=O) groups is 2. The van der Waals surface area contributed by atoms with Crippen LogP contribution in [-0.2, 0) is 9.59 Å². The van der Waals surface area contributed by atoms with E-state index in [2.05, 4.69) is 4.90 Å². The highest BCUT2D eigenvalue weighted by molar-refractivity contribution is 6.36. The van der Waals surface area contributed by atoms with Gasteiger partial charge >= 0.3 is 0 Å². The van der Waals surface area contributed by atoms with Gasteiger partial charge in [-0.3, -0.25) is 9.59 Å². The molecule has 4 nitrogen and oxygen atoms in total. The van der Waals surface area contributed by atoms with Crippen LogP contribution in [0.15, 0.2) is 24.3 Å². The predicted molar refractivity (Wildman–Crippen MR) is 65.5 cm³/mol. The molecule has 0 bridgehead atoms. The van der Waals surface area contributed by atoms with E-state index in [0.29, 0.717) is 25.9 Å². The van der Waals surface area contributed by atoms with E-state index in [1.165, 1.54) is 12.1 Å². The molecule has 1 heterocycles. The van der Waals surface area contributed by atoms with Gasteiger partial charge < -0.3 is 10.6 Å². The minimum Gasteiger partial charge on any atom is -0.371 e. The number of primary amides is 1. The number of nitrogens with two attached hydrogens (primary N) is 1. The molecule has 1 aliphatic heterocycles. The van der Waals surface area contributed by atoms with Crippen LogP contribution >= 0.6 is 0 Å². The largest absolute Gasteiger partial charge is 0.371 e. The molecule has 1 amide bonds. The summed E-state index contributed by atoms with van der Waals surface area (Å²) in [6.45, 7) is 1.35. The molecule has 1 saturated heterocycles. The van der Waals surface area contributed by atoms with Gasteiger partial charge in [0.15, 0.2) is 0 Å². The maximum absolute atomic E-state index is 12.8. The minimum absolute atomic E-state index is 0.265. The molecule has 0 aliphatic carbocycles. The van der Waals surface area contributed by atoms with Crippen LogP contribution in [0.5, 0.6) is 0 Å². The molecule has 96 valence electrons. The summed E-state index contributed by atoms with van der Waals surface area (Å²) in [6.07, 6.45) is 1.22. The molecule has 1 aromatic rings. The number of ketones is 1. The number of halogens is 1. The first-order valence-electron chi connectivity index (χ1n) is 5.92. The van der Waals surface area contributed by atoms with Crippen LogP contribution in [0.4, 0.5) is 10.1 Å². The van der Waals surface area contributed by atoms with Crippen molar-refractivity contribution in [3.05, 3.63) is 30.1 Å². The first-order chi connectivity index (χ1) is 8.58. The van der Waals surface area contributed by atoms with Crippen LogP contribution in [-0.4, -0.2) is 24.8 Å². The molecule has 2 rings (SSSR count). The third kappa shape index (κ3) is 2.67. The first-order valence-corrected chi connectivity index (χ1v) is 5.92. The molecule has 1 aromatic carbocycles. The highest BCUT2D eigenvalue weighted by Gasteiger charge is 2.27. The second kappa shape index (κ2) is 5.16. The Morgan fingerprint density at radius 3 is 2.22 bits per heavy atom. The first kappa shape index (κ1) is 12.5. The van der Waals surface area contributed by atoms with Crippen LogP contribution < -0.4 is 10.6 Å². The van der Waals surface area contributed by atoms with Crippen LogP contribution in [0.3, 0.4) is 0 Å². The zero-order valence-electron chi connectivity index (χ0n) is 9.93. The molecule has 0 unspecified atom stereocenters. The van der Waals surface area contributed by atoms with Gasteiger partial charge in [-0.05, 0) is 37.1 Å². The second-order valence-corrected chi connectivity index (χ2v) is 4.47. The molecular formula is C13H15FN2O2. The number of rotatable bonds is 3. The van der Waals surface area contributed by atoms with Crippen molar-refractivity contribution in [3.63, 3.8) is 0 Å². The summed E-state index contributed by atoms with van der Waals surface area (Å²) in [4.78, 5) is 24.3. The Morgan fingerprint density at radius 2 is 1.72 bits per heavy atom. The number of hydrogen-bond donors (Lipinski definition) is 1. The average Bonchev–Trinajstić information content (AvgIpc) is 2.39. The summed E-state index contributed by atoms with van der Waals surface area (Å²) in [6, 6.07) is 6.25. The number of anilines is 1. The highest BCUT2D eigenvalue weighted by atomic mass is 19.1. The Bertz CT molecular complexity index is 451. The van der Waals surface area contributed by atoms with Crippen molar-refractivity contribution < 1.29 is 14.0 Å². The van der Waals surface area contributed by atoms with Gasteiger partial charge in [0.1, 0.15) is 5.82 Å². The van der Waals surface area contributed by atoms with Crippen LogP contribution in [0.2, 0.25) is 0 Å². The van der Waals surface area contributed by atoms with E-state index in [4.69, 9.17) is 5.73 Å². The summed E-state index contributed by atoms with van der Waals surface area (Å²) in [5.41, 5.74) is 5.92. The summed E-state index contributed by atoms with van der Waals surface area (Å²) >= 11 is 0. The SMILES string of the molecule is NC(=O)C(=O)C1CCN(c2ccc(F)cc2)CC1. The van der Waals surface area contributed by atoms with Crippen LogP contribution in [0.1, 0.15) is 12.8 Å². The minimum atomic E-state index is -0.852. The van der Waals surface area contributed by atoms with Crippen molar-refractivity contribution in [2.24, 2.45) is 11.7 Å². The molecule has 0 spiro atoms. The van der Waals surface area contributed by atoms with Gasteiger partial charge in [-0.2, -0.15) is 0 Å². The summed E-state index contributed by atoms with van der Waals surface area (Å²) in [7, 11) is 0. The van der Waals surface area contributed by atoms with Crippen molar-refractivity contribution in [2.45, 2.75) is 12.8 Å². The van der Waals surface area contributed by atoms with Gasteiger partial charge in [0.05, 0.1) is 0 Å². The number of nitrogens with zero attached hydrogens (tertiary/aromatic N) is 1. The fraction of sp³-hybridized carbons (Fsp3) is 0.385. The molecule has 0 saturated carbocycles. The van der Waals surface area contributed by atoms with E-state index in [1.54, 1.807) is 12.1 Å². The lowest BCUT2D eigenvalue weighted by atomic mass is 9.92. The molecule has 2 N–H and O–H groups in total. The smallest absolute Gasteiger partial charge is 0.285 e. The zero-order valence-corrected chi connectivity index (χ0v) is 9.93. The van der Waals surface area contributed by atoms with E-state index in [-0.39, 0.29) is 11.7 Å². The molecule has 0 radical (unpaired) electrons. The normalized spacial score (nSPS) is 16.6. The van der Waals surface area contributed by atoms with Crippen molar-refractivity contribution in [1.82, 2.24) is 0 Å². The van der Waals surface area contributed by atoms with Crippen molar-refractivity contribution in [1.29, 1.82) is 0 Å². The summed E-state index contributed by atoms with van der Waals surface area (Å²) in [5, 5.41) is 0. The van der Waals surface area contributed by atoms with Gasteiger partial charge in [0.25, 0.3) is 5.91 Å². The number of hydrogen-bond acceptors (Lipinski definition) is 3. The van der Waals surface area contributed by atoms with E-state index < -0.39 is 11.7 Å². The molecule has 0 aromatic heterocycles. The predicted octanol–water partition coefficient (Wildman–Crippen LogP) is 1.10. The summed E-state index contributed by atoms with van der Waals surface area (Å²) < 4.78 is 12.8. The maximum Gasteiger partial charge on any atom is 0.285 e. The van der Waals surface area contributed by atoms with E-state index in [1.807, 2.05) is 0 Å². The lowest BCUT2D eigenvalue weighted by molar-refractivity contribution is -0.138. The lowest BCUT2D eigenvalue weighted by Gasteiger charge is -2.32. The molecule has 1 fully saturated rings. The molecule has 0 atom stereocenters.